The predicted octanol–water partition coefficient (Wildman–Crippen LogP) is 8.33. The molecule has 35 heavy (non-hydrogen) atoms. The van der Waals surface area contributed by atoms with E-state index in [0.717, 1.165) is 27.1 Å². The van der Waals surface area contributed by atoms with E-state index in [1.165, 1.54) is 29.4 Å². The fourth-order valence-corrected chi connectivity index (χ4v) is 5.29. The Morgan fingerprint density at radius 3 is 2.09 bits per heavy atom. The fraction of sp³-hybridized carbons (Fsp3) is 0.194. The Morgan fingerprint density at radius 1 is 0.800 bits per heavy atom. The molecule has 1 aliphatic rings. The van der Waals surface area contributed by atoms with E-state index in [2.05, 4.69) is 126 Å². The third kappa shape index (κ3) is 4.39. The third-order valence-electron chi connectivity index (χ3n) is 6.95. The molecule has 4 aromatic carbocycles. The van der Waals surface area contributed by atoms with Crippen LogP contribution in [0, 0.1) is 0 Å². The highest BCUT2D eigenvalue weighted by molar-refractivity contribution is 9.10. The molecule has 0 saturated carbocycles. The van der Waals surface area contributed by atoms with Crippen LogP contribution in [0.4, 0.5) is 17.1 Å². The van der Waals surface area contributed by atoms with E-state index in [-0.39, 0.29) is 11.4 Å². The van der Waals surface area contributed by atoms with Gasteiger partial charge < -0.3 is 9.64 Å². The van der Waals surface area contributed by atoms with Crippen molar-refractivity contribution in [3.8, 4) is 11.1 Å². The Morgan fingerprint density at radius 2 is 1.40 bits per heavy atom. The lowest BCUT2D eigenvalue weighted by Gasteiger charge is -2.28. The number of esters is 1. The maximum absolute atomic E-state index is 11.6. The summed E-state index contributed by atoms with van der Waals surface area (Å²) in [6, 6.07) is 32.4. The number of hydrogen-bond acceptors (Lipinski definition) is 3. The molecule has 3 nitrogen and oxygen atoms in total. The molecule has 0 bridgehead atoms. The van der Waals surface area contributed by atoms with Crippen LogP contribution in [0.3, 0.4) is 0 Å². The number of benzene rings is 4. The van der Waals surface area contributed by atoms with Crippen molar-refractivity contribution in [3.63, 3.8) is 0 Å². The molecule has 0 unspecified atom stereocenters. The molecule has 0 amide bonds. The maximum Gasteiger partial charge on any atom is 0.305 e. The first-order valence-electron chi connectivity index (χ1n) is 11.8. The van der Waals surface area contributed by atoms with Gasteiger partial charge in [0.15, 0.2) is 0 Å². The number of carbonyl (C=O) groups is 1. The molecule has 0 spiro atoms. The van der Waals surface area contributed by atoms with Crippen LogP contribution in [-0.2, 0) is 21.4 Å². The number of nitrogens with zero attached hydrogens (tertiary/aromatic N) is 1. The normalized spacial score (nSPS) is 13.1. The Bertz CT molecular complexity index is 1370. The number of anilines is 3. The van der Waals surface area contributed by atoms with Crippen LogP contribution in [0.5, 0.6) is 0 Å². The van der Waals surface area contributed by atoms with Crippen molar-refractivity contribution in [3.05, 3.63) is 112 Å². The molecular weight excluding hydrogens is 498 g/mol. The second-order valence-electron chi connectivity index (χ2n) is 9.45. The average molecular weight is 526 g/mol. The van der Waals surface area contributed by atoms with Gasteiger partial charge in [-0.15, -0.1) is 0 Å². The highest BCUT2D eigenvalue weighted by Crippen LogP contribution is 2.50. The Balaban J connectivity index is 1.56. The summed E-state index contributed by atoms with van der Waals surface area (Å²) in [5.74, 6) is -0.188. The summed E-state index contributed by atoms with van der Waals surface area (Å²) in [6.07, 6.45) is 1.04. The molecule has 0 radical (unpaired) electrons. The van der Waals surface area contributed by atoms with Crippen LogP contribution < -0.4 is 4.90 Å². The maximum atomic E-state index is 11.6. The zero-order valence-corrected chi connectivity index (χ0v) is 21.8. The molecule has 1 aliphatic carbocycles. The van der Waals surface area contributed by atoms with Crippen LogP contribution in [0.25, 0.3) is 11.1 Å². The van der Waals surface area contributed by atoms with Crippen molar-refractivity contribution in [2.24, 2.45) is 0 Å². The van der Waals surface area contributed by atoms with E-state index >= 15 is 0 Å². The summed E-state index contributed by atoms with van der Waals surface area (Å²) in [4.78, 5) is 13.8. The number of ether oxygens (including phenoxy) is 1. The summed E-state index contributed by atoms with van der Waals surface area (Å²) < 4.78 is 5.83. The summed E-state index contributed by atoms with van der Waals surface area (Å²) in [5.41, 5.74) is 9.67. The summed E-state index contributed by atoms with van der Waals surface area (Å²) in [7, 11) is 1.43. The van der Waals surface area contributed by atoms with E-state index in [0.29, 0.717) is 12.8 Å². The van der Waals surface area contributed by atoms with Gasteiger partial charge in [0.25, 0.3) is 0 Å². The standard InChI is InChI=1S/C31H28BrNO2/c1-31(2)28-7-5-4-6-26(28)27-18-17-25(20-29(27)31)33(24-15-11-22(32)12-16-24)23-13-8-21(9-14-23)10-19-30(34)35-3/h4-9,11-18,20H,10,19H2,1-3H3. The first-order valence-corrected chi connectivity index (χ1v) is 12.6. The monoisotopic (exact) mass is 525 g/mol. The largest absolute Gasteiger partial charge is 0.469 e. The Kier molecular flexibility index (Phi) is 6.24. The second kappa shape index (κ2) is 9.35. The van der Waals surface area contributed by atoms with E-state index < -0.39 is 0 Å². The summed E-state index contributed by atoms with van der Waals surface area (Å²) >= 11 is 3.57. The zero-order valence-electron chi connectivity index (χ0n) is 20.2. The molecule has 0 saturated heterocycles. The zero-order chi connectivity index (χ0) is 24.6. The van der Waals surface area contributed by atoms with E-state index in [4.69, 9.17) is 4.74 Å². The van der Waals surface area contributed by atoms with Crippen molar-refractivity contribution in [2.45, 2.75) is 32.1 Å². The highest BCUT2D eigenvalue weighted by Gasteiger charge is 2.35. The van der Waals surface area contributed by atoms with Crippen molar-refractivity contribution in [1.29, 1.82) is 0 Å². The number of methoxy groups -OCH3 is 1. The first kappa shape index (κ1) is 23.4. The molecule has 0 aliphatic heterocycles. The van der Waals surface area contributed by atoms with Gasteiger partial charge in [0.1, 0.15) is 0 Å². The smallest absolute Gasteiger partial charge is 0.305 e. The van der Waals surface area contributed by atoms with Gasteiger partial charge in [-0.1, -0.05) is 72.2 Å². The summed E-state index contributed by atoms with van der Waals surface area (Å²) in [5, 5.41) is 0. The van der Waals surface area contributed by atoms with E-state index in [9.17, 15) is 4.79 Å². The van der Waals surface area contributed by atoms with Gasteiger partial charge in [-0.25, -0.2) is 0 Å². The third-order valence-corrected chi connectivity index (χ3v) is 7.48. The molecule has 4 heteroatoms. The molecular formula is C31H28BrNO2. The first-order chi connectivity index (χ1) is 16.9. The highest BCUT2D eigenvalue weighted by atomic mass is 79.9. The molecule has 0 heterocycles. The SMILES string of the molecule is COC(=O)CCc1ccc(N(c2ccc(Br)cc2)c2ccc3c(c2)C(C)(C)c2ccccc2-3)cc1. The van der Waals surface area contributed by atoms with Gasteiger partial charge >= 0.3 is 5.97 Å². The van der Waals surface area contributed by atoms with E-state index in [1.807, 2.05) is 0 Å². The second-order valence-corrected chi connectivity index (χ2v) is 10.4. The average Bonchev–Trinajstić information content (AvgIpc) is 3.11. The van der Waals surface area contributed by atoms with Crippen LogP contribution in [-0.4, -0.2) is 13.1 Å². The van der Waals surface area contributed by atoms with Crippen LogP contribution >= 0.6 is 15.9 Å². The quantitative estimate of drug-likeness (QED) is 0.237. The molecule has 0 N–H and O–H groups in total. The van der Waals surface area contributed by atoms with Gasteiger partial charge in [-0.2, -0.15) is 0 Å². The Hall–Kier alpha value is -3.37. The molecule has 5 rings (SSSR count). The number of rotatable bonds is 6. The molecule has 176 valence electrons. The number of aryl methyl sites for hydroxylation is 1. The number of hydrogen-bond donors (Lipinski definition) is 0. The van der Waals surface area contributed by atoms with Gasteiger partial charge in [-0.3, -0.25) is 4.79 Å². The minimum absolute atomic E-state index is 0.0644. The Labute approximate surface area is 215 Å². The van der Waals surface area contributed by atoms with Gasteiger partial charge in [0.05, 0.1) is 7.11 Å². The van der Waals surface area contributed by atoms with Crippen molar-refractivity contribution in [1.82, 2.24) is 0 Å². The molecule has 0 fully saturated rings. The minimum Gasteiger partial charge on any atom is -0.469 e. The lowest BCUT2D eigenvalue weighted by molar-refractivity contribution is -0.140. The van der Waals surface area contributed by atoms with Gasteiger partial charge in [-0.05, 0) is 82.8 Å². The lowest BCUT2D eigenvalue weighted by atomic mass is 9.82. The fourth-order valence-electron chi connectivity index (χ4n) is 5.03. The minimum atomic E-state index is -0.188. The van der Waals surface area contributed by atoms with E-state index in [1.54, 1.807) is 0 Å². The molecule has 0 atom stereocenters. The van der Waals surface area contributed by atoms with Gasteiger partial charge in [0.2, 0.25) is 0 Å². The topological polar surface area (TPSA) is 29.5 Å². The number of halogens is 1. The van der Waals surface area contributed by atoms with Gasteiger partial charge in [0, 0.05) is 33.4 Å². The van der Waals surface area contributed by atoms with Crippen LogP contribution in [0.1, 0.15) is 37.0 Å². The van der Waals surface area contributed by atoms with Crippen molar-refractivity contribution < 1.29 is 9.53 Å². The van der Waals surface area contributed by atoms with Crippen molar-refractivity contribution >= 4 is 39.0 Å². The van der Waals surface area contributed by atoms with Crippen molar-refractivity contribution in [2.75, 3.05) is 12.0 Å². The number of carbonyl (C=O) groups excluding carboxylic acids is 1. The van der Waals surface area contributed by atoms with Crippen LogP contribution in [0.15, 0.2) is 95.5 Å². The van der Waals surface area contributed by atoms with Crippen LogP contribution in [0.2, 0.25) is 0 Å². The lowest BCUT2D eigenvalue weighted by Crippen LogP contribution is -2.16. The molecule has 4 aromatic rings. The molecule has 0 aromatic heterocycles. The summed E-state index contributed by atoms with van der Waals surface area (Å²) in [6.45, 7) is 4.61. The number of fused-ring (bicyclic) bond motifs is 3. The predicted molar refractivity (Wildman–Crippen MR) is 147 cm³/mol.